The lowest BCUT2D eigenvalue weighted by atomic mass is 9.93. The fraction of sp³-hybridized carbons (Fsp3) is 0.452. The standard InChI is InChI=1S/C31H35N5O4S/c37-20-7-11-33(17-20)15-16-35-13-8-23-21(3-1-5-26(23)35)22-4-2-6-27-24(22)9-14-36(27)31(40)30-32-25-10-12-34(19-29(38)39)18-28(25)41-30/h1-6,20,37H,7-19H2,(H,38,39). The van der Waals surface area contributed by atoms with E-state index in [1.54, 1.807) is 0 Å². The predicted molar refractivity (Wildman–Crippen MR) is 159 cm³/mol. The van der Waals surface area contributed by atoms with Crippen molar-refractivity contribution >= 4 is 34.6 Å². The average molecular weight is 574 g/mol. The van der Waals surface area contributed by atoms with E-state index in [0.29, 0.717) is 31.1 Å². The van der Waals surface area contributed by atoms with Crippen molar-refractivity contribution in [2.75, 3.05) is 62.2 Å². The number of likely N-dealkylation sites (tertiary alicyclic amines) is 1. The highest BCUT2D eigenvalue weighted by molar-refractivity contribution is 7.13. The van der Waals surface area contributed by atoms with Crippen molar-refractivity contribution in [1.82, 2.24) is 14.8 Å². The van der Waals surface area contributed by atoms with Gasteiger partial charge in [-0.25, -0.2) is 4.98 Å². The summed E-state index contributed by atoms with van der Waals surface area (Å²) in [6, 6.07) is 12.9. The number of aliphatic hydroxyl groups excluding tert-OH is 1. The Hall–Kier alpha value is -3.31. The van der Waals surface area contributed by atoms with Crippen molar-refractivity contribution < 1.29 is 19.8 Å². The normalized spacial score (nSPS) is 20.4. The topological polar surface area (TPSA) is 100 Å². The van der Waals surface area contributed by atoms with Gasteiger partial charge in [-0.15, -0.1) is 11.3 Å². The fourth-order valence-corrected chi connectivity index (χ4v) is 8.04. The van der Waals surface area contributed by atoms with E-state index >= 15 is 0 Å². The molecule has 0 radical (unpaired) electrons. The summed E-state index contributed by atoms with van der Waals surface area (Å²) in [7, 11) is 0. The van der Waals surface area contributed by atoms with Crippen LogP contribution in [-0.2, 0) is 30.6 Å². The van der Waals surface area contributed by atoms with Crippen molar-refractivity contribution in [3.8, 4) is 11.1 Å². The summed E-state index contributed by atoms with van der Waals surface area (Å²) in [6.07, 6.45) is 3.16. The Bertz CT molecular complexity index is 1510. The molecule has 0 aliphatic carbocycles. The van der Waals surface area contributed by atoms with Gasteiger partial charge >= 0.3 is 5.97 Å². The van der Waals surface area contributed by atoms with E-state index < -0.39 is 5.97 Å². The number of benzene rings is 2. The number of aliphatic carboxylic acids is 1. The molecule has 7 rings (SSSR count). The number of carbonyl (C=O) groups is 2. The molecule has 41 heavy (non-hydrogen) atoms. The van der Waals surface area contributed by atoms with Crippen molar-refractivity contribution in [3.05, 3.63) is 63.1 Å². The van der Waals surface area contributed by atoms with Crippen LogP contribution in [0.5, 0.6) is 0 Å². The molecule has 9 nitrogen and oxygen atoms in total. The summed E-state index contributed by atoms with van der Waals surface area (Å²) in [6.45, 7) is 6.49. The van der Waals surface area contributed by atoms with Crippen LogP contribution in [0, 0.1) is 0 Å². The van der Waals surface area contributed by atoms with Crippen LogP contribution < -0.4 is 9.80 Å². The minimum absolute atomic E-state index is 0.00637. The summed E-state index contributed by atoms with van der Waals surface area (Å²) in [5, 5.41) is 19.5. The number of nitrogens with zero attached hydrogens (tertiary/aromatic N) is 5. The maximum absolute atomic E-state index is 13.7. The number of hydrogen-bond donors (Lipinski definition) is 2. The first-order valence-corrected chi connectivity index (χ1v) is 15.4. The van der Waals surface area contributed by atoms with E-state index in [2.05, 4.69) is 40.1 Å². The number of carbonyl (C=O) groups excluding carboxylic acids is 1. The largest absolute Gasteiger partial charge is 0.480 e. The van der Waals surface area contributed by atoms with Crippen LogP contribution >= 0.6 is 11.3 Å². The zero-order chi connectivity index (χ0) is 28.1. The monoisotopic (exact) mass is 573 g/mol. The number of anilines is 2. The van der Waals surface area contributed by atoms with Gasteiger partial charge in [0.15, 0.2) is 5.01 Å². The molecule has 4 aliphatic rings. The van der Waals surface area contributed by atoms with E-state index in [1.165, 1.54) is 39.3 Å². The smallest absolute Gasteiger partial charge is 0.317 e. The summed E-state index contributed by atoms with van der Waals surface area (Å²) < 4.78 is 0. The van der Waals surface area contributed by atoms with Gasteiger partial charge < -0.3 is 20.0 Å². The lowest BCUT2D eigenvalue weighted by molar-refractivity contribution is -0.138. The number of carboxylic acids is 1. The van der Waals surface area contributed by atoms with Crippen LogP contribution in [0.1, 0.15) is 37.9 Å². The quantitative estimate of drug-likeness (QED) is 0.445. The number of aliphatic hydroxyl groups is 1. The van der Waals surface area contributed by atoms with Gasteiger partial charge in [0.25, 0.3) is 5.91 Å². The SMILES string of the molecule is O=C(O)CN1CCc2nc(C(=O)N3CCc4c(-c5cccc6c5CCN6CCN5CCC(O)C5)cccc43)sc2C1. The Morgan fingerprint density at radius 2 is 1.66 bits per heavy atom. The summed E-state index contributed by atoms with van der Waals surface area (Å²) in [5.41, 5.74) is 8.26. The minimum atomic E-state index is -0.835. The number of rotatable bonds is 7. The first kappa shape index (κ1) is 26.6. The van der Waals surface area contributed by atoms with Crippen molar-refractivity contribution in [1.29, 1.82) is 0 Å². The number of β-amino-alcohol motifs (C(OH)–C–C–N with tert-alkyl or cyclic N) is 1. The molecule has 1 fully saturated rings. The molecule has 1 saturated heterocycles. The molecule has 3 aromatic rings. The lowest BCUT2D eigenvalue weighted by Gasteiger charge is -2.24. The van der Waals surface area contributed by atoms with E-state index in [1.807, 2.05) is 15.9 Å². The molecular formula is C31H35N5O4S. The second-order valence-electron chi connectivity index (χ2n) is 11.5. The number of aromatic nitrogens is 1. The molecule has 0 spiro atoms. The first-order chi connectivity index (χ1) is 19.9. The Morgan fingerprint density at radius 3 is 2.41 bits per heavy atom. The van der Waals surface area contributed by atoms with Gasteiger partial charge in [0.1, 0.15) is 0 Å². The molecule has 2 aromatic carbocycles. The molecule has 1 amide bonds. The molecule has 0 saturated carbocycles. The van der Waals surface area contributed by atoms with E-state index in [4.69, 9.17) is 10.1 Å². The maximum atomic E-state index is 13.7. The Kier molecular flexibility index (Phi) is 7.02. The molecular weight excluding hydrogens is 538 g/mol. The lowest BCUT2D eigenvalue weighted by Crippen LogP contribution is -2.34. The highest BCUT2D eigenvalue weighted by atomic mass is 32.1. The second kappa shape index (κ2) is 10.8. The maximum Gasteiger partial charge on any atom is 0.317 e. The Morgan fingerprint density at radius 1 is 0.902 bits per heavy atom. The fourth-order valence-electron chi connectivity index (χ4n) is 6.94. The molecule has 1 unspecified atom stereocenters. The number of thiazole rings is 1. The van der Waals surface area contributed by atoms with Gasteiger partial charge in [0, 0.05) is 75.0 Å². The molecule has 2 N–H and O–H groups in total. The first-order valence-electron chi connectivity index (χ1n) is 14.6. The summed E-state index contributed by atoms with van der Waals surface area (Å²) in [4.78, 5) is 39.2. The number of carboxylic acid groups (broad SMARTS) is 1. The highest BCUT2D eigenvalue weighted by Gasteiger charge is 2.32. The Labute approximate surface area is 243 Å². The van der Waals surface area contributed by atoms with E-state index in [0.717, 1.165) is 68.2 Å². The third-order valence-electron chi connectivity index (χ3n) is 8.97. The molecule has 4 aliphatic heterocycles. The summed E-state index contributed by atoms with van der Waals surface area (Å²) >= 11 is 1.41. The average Bonchev–Trinajstić information content (AvgIpc) is 3.76. The third-order valence-corrected chi connectivity index (χ3v) is 10.0. The molecule has 1 atom stereocenters. The molecule has 1 aromatic heterocycles. The van der Waals surface area contributed by atoms with Crippen LogP contribution in [-0.4, -0.2) is 95.3 Å². The van der Waals surface area contributed by atoms with Crippen LogP contribution in [0.15, 0.2) is 36.4 Å². The third kappa shape index (κ3) is 5.03. The summed E-state index contributed by atoms with van der Waals surface area (Å²) in [5.74, 6) is -0.903. The van der Waals surface area contributed by atoms with Gasteiger partial charge in [0.2, 0.25) is 0 Å². The van der Waals surface area contributed by atoms with Crippen LogP contribution in [0.2, 0.25) is 0 Å². The van der Waals surface area contributed by atoms with Crippen LogP contribution in [0.4, 0.5) is 11.4 Å². The van der Waals surface area contributed by atoms with Gasteiger partial charge in [-0.1, -0.05) is 24.3 Å². The van der Waals surface area contributed by atoms with E-state index in [-0.39, 0.29) is 18.6 Å². The molecule has 0 bridgehead atoms. The van der Waals surface area contributed by atoms with Gasteiger partial charge in [-0.05, 0) is 53.6 Å². The van der Waals surface area contributed by atoms with Gasteiger partial charge in [-0.3, -0.25) is 19.4 Å². The number of fused-ring (bicyclic) bond motifs is 3. The number of amides is 1. The number of hydrogen-bond acceptors (Lipinski definition) is 8. The highest BCUT2D eigenvalue weighted by Crippen LogP contribution is 2.42. The molecule has 5 heterocycles. The van der Waals surface area contributed by atoms with Gasteiger partial charge in [0.05, 0.1) is 18.3 Å². The van der Waals surface area contributed by atoms with Crippen LogP contribution in [0.25, 0.3) is 11.1 Å². The Balaban J connectivity index is 1.11. The van der Waals surface area contributed by atoms with Gasteiger partial charge in [-0.2, -0.15) is 0 Å². The van der Waals surface area contributed by atoms with Crippen molar-refractivity contribution in [3.63, 3.8) is 0 Å². The molecule has 214 valence electrons. The predicted octanol–water partition coefficient (Wildman–Crippen LogP) is 2.88. The molecule has 10 heteroatoms. The zero-order valence-electron chi connectivity index (χ0n) is 23.1. The van der Waals surface area contributed by atoms with Crippen molar-refractivity contribution in [2.24, 2.45) is 0 Å². The van der Waals surface area contributed by atoms with Crippen LogP contribution in [0.3, 0.4) is 0 Å². The van der Waals surface area contributed by atoms with Crippen molar-refractivity contribution in [2.45, 2.75) is 38.3 Å². The minimum Gasteiger partial charge on any atom is -0.480 e. The van der Waals surface area contributed by atoms with E-state index in [9.17, 15) is 14.7 Å². The second-order valence-corrected chi connectivity index (χ2v) is 12.6. The zero-order valence-corrected chi connectivity index (χ0v) is 23.9.